The number of nitrogens with zero attached hydrogens (tertiary/aromatic N) is 4. The molecular weight excluding hydrogens is 460 g/mol. The highest BCUT2D eigenvalue weighted by Crippen LogP contribution is 2.29. The van der Waals surface area contributed by atoms with E-state index < -0.39 is 11.7 Å². The van der Waals surface area contributed by atoms with Crippen LogP contribution in [0.25, 0.3) is 12.0 Å². The van der Waals surface area contributed by atoms with E-state index in [9.17, 15) is 4.79 Å². The average Bonchev–Trinajstić information content (AvgIpc) is 3.29. The fourth-order valence-electron chi connectivity index (χ4n) is 3.49. The molecule has 4 rings (SSSR count). The highest BCUT2D eigenvalue weighted by atomic mass is 16.5. The number of hydrogen-bond acceptors (Lipinski definition) is 8. The smallest absolute Gasteiger partial charge is 0.350 e. The third-order valence-electron chi connectivity index (χ3n) is 5.23. The molecule has 0 radical (unpaired) electrons. The molecule has 5 N–H and O–H groups in total. The van der Waals surface area contributed by atoms with Gasteiger partial charge in [0, 0.05) is 30.8 Å². The van der Waals surface area contributed by atoms with Gasteiger partial charge in [-0.3, -0.25) is 10.4 Å². The number of rotatable bonds is 11. The molecule has 0 saturated heterocycles. The van der Waals surface area contributed by atoms with Crippen LogP contribution in [0.1, 0.15) is 28.6 Å². The fraction of sp³-hybridized carbons (Fsp3) is 0.160. The highest BCUT2D eigenvalue weighted by Gasteiger charge is 2.22. The lowest BCUT2D eigenvalue weighted by Crippen LogP contribution is -2.18. The van der Waals surface area contributed by atoms with Crippen LogP contribution in [0.4, 0.5) is 5.69 Å². The van der Waals surface area contributed by atoms with Crippen LogP contribution in [0.2, 0.25) is 0 Å². The molecule has 11 heteroatoms. The predicted molar refractivity (Wildman–Crippen MR) is 137 cm³/mol. The van der Waals surface area contributed by atoms with Crippen molar-refractivity contribution in [3.05, 3.63) is 101 Å². The minimum Gasteiger partial charge on any atom is -0.491 e. The number of anilines is 1. The first-order chi connectivity index (χ1) is 17.5. The topological polar surface area (TPSA) is 157 Å². The van der Waals surface area contributed by atoms with Gasteiger partial charge < -0.3 is 20.5 Å². The summed E-state index contributed by atoms with van der Waals surface area (Å²) in [7, 11) is 1.61. The van der Waals surface area contributed by atoms with Gasteiger partial charge in [-0.1, -0.05) is 12.7 Å². The molecule has 0 bridgehead atoms. The van der Waals surface area contributed by atoms with E-state index in [1.54, 1.807) is 43.5 Å². The van der Waals surface area contributed by atoms with Gasteiger partial charge in [-0.05, 0) is 59.7 Å². The van der Waals surface area contributed by atoms with E-state index >= 15 is 0 Å². The van der Waals surface area contributed by atoms with Crippen molar-refractivity contribution in [1.82, 2.24) is 24.7 Å². The van der Waals surface area contributed by atoms with Crippen LogP contribution in [0, 0.1) is 5.41 Å². The molecule has 0 amide bonds. The molecule has 11 nitrogen and oxygen atoms in total. The molecule has 0 aliphatic rings. The summed E-state index contributed by atoms with van der Waals surface area (Å²) >= 11 is 0. The Hall–Kier alpha value is -4.77. The first-order valence-electron chi connectivity index (χ1n) is 11.0. The third-order valence-corrected chi connectivity index (χ3v) is 5.23. The quantitative estimate of drug-likeness (QED) is 0.143. The van der Waals surface area contributed by atoms with Gasteiger partial charge in [0.1, 0.15) is 24.2 Å². The van der Waals surface area contributed by atoms with Crippen molar-refractivity contribution in [2.45, 2.75) is 6.04 Å². The van der Waals surface area contributed by atoms with Gasteiger partial charge in [0.15, 0.2) is 5.82 Å². The second-order valence-electron chi connectivity index (χ2n) is 7.73. The number of nitrogens with one attached hydrogen (secondary N) is 3. The van der Waals surface area contributed by atoms with E-state index in [4.69, 9.17) is 20.6 Å². The summed E-state index contributed by atoms with van der Waals surface area (Å²) in [6.07, 6.45) is 4.78. The lowest BCUT2D eigenvalue weighted by Gasteiger charge is -2.20. The Morgan fingerprint density at radius 2 is 1.97 bits per heavy atom. The predicted octanol–water partition coefficient (Wildman–Crippen LogP) is 2.50. The van der Waals surface area contributed by atoms with Gasteiger partial charge in [-0.25, -0.2) is 14.8 Å². The molecule has 184 valence electrons. The summed E-state index contributed by atoms with van der Waals surface area (Å²) in [5.41, 5.74) is 8.02. The second-order valence-corrected chi connectivity index (χ2v) is 7.73. The zero-order chi connectivity index (χ0) is 25.5. The summed E-state index contributed by atoms with van der Waals surface area (Å²) in [6, 6.07) is 13.8. The molecule has 2 aromatic heterocycles. The number of ether oxygens (including phenoxy) is 2. The Kier molecular flexibility index (Phi) is 7.51. The Balaban J connectivity index is 1.77. The van der Waals surface area contributed by atoms with E-state index in [0.29, 0.717) is 30.4 Å². The number of amidine groups is 1. The van der Waals surface area contributed by atoms with E-state index in [1.165, 1.54) is 12.4 Å². The number of nitrogens with two attached hydrogens (primary N) is 1. The zero-order valence-corrected chi connectivity index (χ0v) is 19.6. The maximum Gasteiger partial charge on any atom is 0.350 e. The Labute approximate surface area is 207 Å². The van der Waals surface area contributed by atoms with Crippen molar-refractivity contribution in [2.24, 2.45) is 5.73 Å². The molecule has 2 aromatic carbocycles. The molecule has 0 aliphatic carbocycles. The second kappa shape index (κ2) is 11.1. The molecule has 1 atom stereocenters. The molecule has 0 spiro atoms. The van der Waals surface area contributed by atoms with Crippen LogP contribution in [0.3, 0.4) is 0 Å². The zero-order valence-electron chi connectivity index (χ0n) is 19.6. The fourth-order valence-corrected chi connectivity index (χ4v) is 3.49. The van der Waals surface area contributed by atoms with Gasteiger partial charge in [-0.2, -0.15) is 0 Å². The summed E-state index contributed by atoms with van der Waals surface area (Å²) in [5.74, 6) is 1.08. The minimum absolute atomic E-state index is 0.0273. The van der Waals surface area contributed by atoms with E-state index in [0.717, 1.165) is 21.5 Å². The summed E-state index contributed by atoms with van der Waals surface area (Å²) in [6.45, 7) is 4.69. The molecule has 2 heterocycles. The summed E-state index contributed by atoms with van der Waals surface area (Å²) < 4.78 is 12.0. The van der Waals surface area contributed by atoms with E-state index in [-0.39, 0.29) is 11.8 Å². The Bertz CT molecular complexity index is 1400. The van der Waals surface area contributed by atoms with Crippen molar-refractivity contribution in [3.8, 4) is 11.7 Å². The molecule has 0 saturated carbocycles. The molecule has 0 aliphatic heterocycles. The Morgan fingerprint density at radius 3 is 2.64 bits per heavy atom. The van der Waals surface area contributed by atoms with Crippen LogP contribution < -0.4 is 21.5 Å². The molecule has 36 heavy (non-hydrogen) atoms. The molecule has 0 fully saturated rings. The Morgan fingerprint density at radius 1 is 1.22 bits per heavy atom. The van der Waals surface area contributed by atoms with Crippen LogP contribution in [-0.4, -0.2) is 50.9 Å². The van der Waals surface area contributed by atoms with E-state index in [2.05, 4.69) is 31.9 Å². The molecule has 0 unspecified atom stereocenters. The maximum atomic E-state index is 12.8. The number of H-pyrrole nitrogens is 1. The summed E-state index contributed by atoms with van der Waals surface area (Å²) in [4.78, 5) is 23.8. The maximum absolute atomic E-state index is 12.8. The molecule has 4 aromatic rings. The van der Waals surface area contributed by atoms with Gasteiger partial charge in [0.05, 0.1) is 6.61 Å². The van der Waals surface area contributed by atoms with Crippen molar-refractivity contribution in [2.75, 3.05) is 25.6 Å². The largest absolute Gasteiger partial charge is 0.491 e. The number of aromatic nitrogens is 5. The van der Waals surface area contributed by atoms with Crippen molar-refractivity contribution < 1.29 is 9.47 Å². The van der Waals surface area contributed by atoms with Gasteiger partial charge in [0.2, 0.25) is 0 Å². The number of hydrogen-bond donors (Lipinski definition) is 4. The minimum atomic E-state index is -0.587. The molecular formula is C25H26N8O3. The number of benzene rings is 2. The first-order valence-corrected chi connectivity index (χ1v) is 11.0. The number of aromatic amines is 1. The summed E-state index contributed by atoms with van der Waals surface area (Å²) in [5, 5.41) is 15.5. The number of methoxy groups -OCH3 is 1. The third kappa shape index (κ3) is 5.65. The van der Waals surface area contributed by atoms with Crippen LogP contribution in [0.15, 0.2) is 72.3 Å². The van der Waals surface area contributed by atoms with Crippen molar-refractivity contribution >= 4 is 17.6 Å². The standard InChI is InChI=1S/C25H26N8O3/c1-3-16-13-18(15-20(14-16)36-12-11-35-2)21(30-19-7-5-17(6-8-19)22(26)27)23-31-25(34)33(32-23)24-28-9-4-10-29-24/h3-10,13-15,21,30H,1,11-12H2,2H3,(H3,26,27)(H,31,32,34)/t21-/m0/s1. The van der Waals surface area contributed by atoms with Gasteiger partial charge in [-0.15, -0.1) is 9.78 Å². The SMILES string of the molecule is C=Cc1cc(OCCOC)cc([C@H](Nc2ccc(C(=N)N)cc2)c2nn(-c3ncccn3)c(=O)[nH]2)c1. The van der Waals surface area contributed by atoms with Crippen LogP contribution >= 0.6 is 0 Å². The van der Waals surface area contributed by atoms with Gasteiger partial charge >= 0.3 is 5.69 Å². The monoisotopic (exact) mass is 486 g/mol. The van der Waals surface area contributed by atoms with Gasteiger partial charge in [0.25, 0.3) is 5.95 Å². The van der Waals surface area contributed by atoms with Crippen LogP contribution in [0.5, 0.6) is 5.75 Å². The lowest BCUT2D eigenvalue weighted by atomic mass is 10.0. The van der Waals surface area contributed by atoms with E-state index in [1.807, 2.05) is 18.2 Å². The van der Waals surface area contributed by atoms with Crippen LogP contribution in [-0.2, 0) is 4.74 Å². The lowest BCUT2D eigenvalue weighted by molar-refractivity contribution is 0.146. The number of nitrogen functional groups attached to an aromatic ring is 1. The normalized spacial score (nSPS) is 11.6. The van der Waals surface area contributed by atoms with Crippen molar-refractivity contribution in [3.63, 3.8) is 0 Å². The van der Waals surface area contributed by atoms with Crippen molar-refractivity contribution in [1.29, 1.82) is 5.41 Å². The highest BCUT2D eigenvalue weighted by molar-refractivity contribution is 5.95. The average molecular weight is 487 g/mol. The first kappa shape index (κ1) is 24.4.